The van der Waals surface area contributed by atoms with Gasteiger partial charge in [0.25, 0.3) is 0 Å². The first-order chi connectivity index (χ1) is 39.6. The molecule has 0 radical (unpaired) electrons. The number of fused-ring (bicyclic) bond motifs is 11. The molecule has 5 aromatic rings. The molecule has 81 heavy (non-hydrogen) atoms. The quantitative estimate of drug-likeness (QED) is 0.0557. The number of aryl methyl sites for hydroxylation is 3. The number of hydrogen-bond acceptors (Lipinski definition) is 11. The molecule has 3 N–H and O–H groups in total. The molecule has 5 aliphatic carbocycles. The van der Waals surface area contributed by atoms with Crippen LogP contribution in [0.15, 0.2) is 124 Å². The molecule has 11 nitrogen and oxygen atoms in total. The first kappa shape index (κ1) is 54.2. The number of aliphatic hydroxyl groups excluding tert-OH is 3. The molecule has 1 aromatic heterocycles. The number of rotatable bonds is 9. The lowest BCUT2D eigenvalue weighted by atomic mass is 9.54. The van der Waals surface area contributed by atoms with Crippen LogP contribution >= 0.6 is 0 Å². The minimum absolute atomic E-state index is 0.0228. The molecule has 3 aliphatic heterocycles. The van der Waals surface area contributed by atoms with E-state index < -0.39 is 47.9 Å². The van der Waals surface area contributed by atoms with Crippen molar-refractivity contribution in [1.82, 2.24) is 0 Å². The lowest BCUT2D eigenvalue weighted by molar-refractivity contribution is -0.213. The summed E-state index contributed by atoms with van der Waals surface area (Å²) < 4.78 is 33.8. The molecule has 13 rings (SSSR count). The molecule has 0 saturated heterocycles. The van der Waals surface area contributed by atoms with Crippen molar-refractivity contribution in [2.24, 2.45) is 29.6 Å². The Morgan fingerprint density at radius 2 is 1.67 bits per heavy atom. The smallest absolute Gasteiger partial charge is 0.340 e. The summed E-state index contributed by atoms with van der Waals surface area (Å²) >= 11 is 0. The summed E-state index contributed by atoms with van der Waals surface area (Å²) in [5, 5.41) is 32.6. The summed E-state index contributed by atoms with van der Waals surface area (Å²) in [7, 11) is 1.52. The fraction of sp³-hybridized carbons (Fsp3) is 0.500. The molecule has 5 bridgehead atoms. The zero-order valence-corrected chi connectivity index (χ0v) is 47.0. The first-order valence-electron chi connectivity index (χ1n) is 30.4. The highest BCUT2D eigenvalue weighted by atomic mass is 16.6. The predicted octanol–water partition coefficient (Wildman–Crippen LogP) is 12.2. The first-order valence-corrected chi connectivity index (χ1v) is 30.4. The molecule has 2 fully saturated rings. The highest BCUT2D eigenvalue weighted by Gasteiger charge is 2.63. The van der Waals surface area contributed by atoms with Crippen molar-refractivity contribution in [2.75, 3.05) is 26.9 Å². The number of methoxy groups -OCH3 is 1. The summed E-state index contributed by atoms with van der Waals surface area (Å²) in [6.07, 6.45) is 20.5. The molecule has 1 spiro atoms. The predicted molar refractivity (Wildman–Crippen MR) is 309 cm³/mol. The number of allylic oxidation sites excluding steroid dienone is 3. The average Bonchev–Trinajstić information content (AvgIpc) is 3.57. The van der Waals surface area contributed by atoms with Gasteiger partial charge in [-0.3, -0.25) is 4.79 Å². The summed E-state index contributed by atoms with van der Waals surface area (Å²) in [4.78, 5) is 45.8. The third-order valence-corrected chi connectivity index (χ3v) is 21.2. The molecule has 12 unspecified atom stereocenters. The number of aliphatic hydroxyl groups is 3. The Labute approximate surface area is 475 Å². The minimum Gasteiger partial charge on any atom is -0.482 e. The Balaban J connectivity index is 0.988. The fourth-order valence-electron chi connectivity index (χ4n) is 17.5. The highest BCUT2D eigenvalue weighted by molar-refractivity contribution is 5.90. The maximum Gasteiger partial charge on any atom is 0.340 e. The van der Waals surface area contributed by atoms with Crippen molar-refractivity contribution in [3.05, 3.63) is 180 Å². The molecular weight excluding hydrogens is 1020 g/mol. The van der Waals surface area contributed by atoms with Crippen LogP contribution in [0.25, 0.3) is 11.0 Å². The molecular formula is C70H78O11. The van der Waals surface area contributed by atoms with E-state index in [1.807, 2.05) is 6.07 Å². The normalized spacial score (nSPS) is 31.4. The van der Waals surface area contributed by atoms with Gasteiger partial charge in [-0.05, 0) is 170 Å². The fourth-order valence-corrected chi connectivity index (χ4v) is 17.5. The van der Waals surface area contributed by atoms with Gasteiger partial charge < -0.3 is 38.7 Å². The van der Waals surface area contributed by atoms with Crippen LogP contribution in [0.4, 0.5) is 0 Å². The Hall–Kier alpha value is -6.11. The monoisotopic (exact) mass is 1090 g/mol. The average molecular weight is 1100 g/mol. The van der Waals surface area contributed by atoms with Crippen molar-refractivity contribution in [1.29, 1.82) is 0 Å². The molecule has 0 amide bonds. The van der Waals surface area contributed by atoms with Crippen LogP contribution in [0.5, 0.6) is 5.75 Å². The van der Waals surface area contributed by atoms with Crippen molar-refractivity contribution in [3.63, 3.8) is 0 Å². The molecule has 2 saturated carbocycles. The zero-order chi connectivity index (χ0) is 55.6. The molecule has 12 atom stereocenters. The van der Waals surface area contributed by atoms with Gasteiger partial charge in [0.2, 0.25) is 0 Å². The van der Waals surface area contributed by atoms with Crippen molar-refractivity contribution >= 4 is 22.9 Å². The van der Waals surface area contributed by atoms with Gasteiger partial charge in [-0.25, -0.2) is 9.59 Å². The number of carbonyl (C=O) groups is 2. The van der Waals surface area contributed by atoms with Crippen LogP contribution < -0.4 is 10.4 Å². The van der Waals surface area contributed by atoms with Crippen LogP contribution in [-0.4, -0.2) is 65.9 Å². The standard InChI is InChI=1S/C70H78O11/c1-41(38-72)54-26-23-42-18-21-49-34-47(42)20-19-45-12-7-11-44-14-9-32-70(63(44)45)66(80-67(54)75)65(62-59(81-70)29-28-56-57(39-73)61(68(76)79-64(56)62)50(30-33-71)40-77-2)78-60(74)37-51-35-48(24-27-55(49)51)46-13-8-16-53(36-46)69-31-6-5-15-52(69)25-22-43-10-3-4-17-58(43)69/h3-4,8-10,13-14,16-18,21,24,27-29,34,36,44-45,48,50-52,55,63,65-66,71-73H,5-7,11-12,15,19-20,22-23,25-26,30-33,35,37-40H2,1-2H3. The third-order valence-electron chi connectivity index (χ3n) is 21.2. The van der Waals surface area contributed by atoms with E-state index in [0.717, 1.165) is 56.1 Å². The minimum atomic E-state index is -1.32. The van der Waals surface area contributed by atoms with E-state index in [2.05, 4.69) is 91.0 Å². The van der Waals surface area contributed by atoms with Crippen molar-refractivity contribution in [3.8, 4) is 5.75 Å². The highest BCUT2D eigenvalue weighted by Crippen LogP contribution is 2.59. The van der Waals surface area contributed by atoms with E-state index in [0.29, 0.717) is 59.4 Å². The van der Waals surface area contributed by atoms with E-state index in [-0.39, 0.29) is 90.3 Å². The maximum atomic E-state index is 15.8. The molecule has 4 heterocycles. The number of benzene rings is 4. The number of ether oxygens (including phenoxy) is 4. The summed E-state index contributed by atoms with van der Waals surface area (Å²) in [6.45, 7) is 0.760. The largest absolute Gasteiger partial charge is 0.482 e. The lowest BCUT2D eigenvalue weighted by Gasteiger charge is -2.56. The van der Waals surface area contributed by atoms with E-state index in [4.69, 9.17) is 23.4 Å². The Morgan fingerprint density at radius 3 is 2.52 bits per heavy atom. The van der Waals surface area contributed by atoms with Gasteiger partial charge in [0.05, 0.1) is 25.4 Å². The second kappa shape index (κ2) is 22.2. The van der Waals surface area contributed by atoms with Gasteiger partial charge in [-0.2, -0.15) is 0 Å². The number of carbonyl (C=O) groups excluding carboxylic acids is 2. The molecule has 8 aliphatic rings. The van der Waals surface area contributed by atoms with Gasteiger partial charge in [-0.1, -0.05) is 110 Å². The second-order valence-corrected chi connectivity index (χ2v) is 25.2. The maximum absolute atomic E-state index is 15.8. The Morgan fingerprint density at radius 1 is 0.790 bits per heavy atom. The van der Waals surface area contributed by atoms with Gasteiger partial charge in [-0.15, -0.1) is 0 Å². The van der Waals surface area contributed by atoms with E-state index in [1.54, 1.807) is 13.0 Å². The van der Waals surface area contributed by atoms with Gasteiger partial charge in [0.15, 0.2) is 17.8 Å². The SMILES string of the molecule is COCC(CCO)c1c(CO)c2ccc3c(c2oc1=O)C1OC(=O)CC2CC(c4cccc(C56CCCCC5CCc5ccccc56)c4)C=CC2c2ccc4c(c2)CCC2CCCC5C=CCC(O3)(C1OC(=O)C(=C(C)CO)CC4)C52. The van der Waals surface area contributed by atoms with Crippen LogP contribution in [0.2, 0.25) is 0 Å². The lowest BCUT2D eigenvalue weighted by Crippen LogP contribution is -2.64. The van der Waals surface area contributed by atoms with E-state index >= 15 is 9.59 Å². The van der Waals surface area contributed by atoms with Crippen LogP contribution in [0, 0.1) is 29.6 Å². The summed E-state index contributed by atoms with van der Waals surface area (Å²) in [5.74, 6) is -0.976. The van der Waals surface area contributed by atoms with Crippen molar-refractivity contribution in [2.45, 2.75) is 164 Å². The topological polar surface area (TPSA) is 162 Å². The van der Waals surface area contributed by atoms with Crippen LogP contribution in [0.3, 0.4) is 0 Å². The van der Waals surface area contributed by atoms with Crippen LogP contribution in [0.1, 0.15) is 176 Å². The number of esters is 2. The second-order valence-electron chi connectivity index (χ2n) is 25.2. The van der Waals surface area contributed by atoms with E-state index in [9.17, 15) is 20.1 Å². The summed E-state index contributed by atoms with van der Waals surface area (Å²) in [6, 6.07) is 29.0. The third kappa shape index (κ3) is 9.28. The van der Waals surface area contributed by atoms with Gasteiger partial charge in [0, 0.05) is 72.2 Å². The molecule has 11 heteroatoms. The Bertz CT molecular complexity index is 3400. The summed E-state index contributed by atoms with van der Waals surface area (Å²) in [5.41, 5.74) is 8.87. The molecule has 4 aromatic carbocycles. The van der Waals surface area contributed by atoms with Gasteiger partial charge >= 0.3 is 17.6 Å². The van der Waals surface area contributed by atoms with E-state index in [1.165, 1.54) is 60.6 Å². The zero-order valence-electron chi connectivity index (χ0n) is 47.0. The van der Waals surface area contributed by atoms with Gasteiger partial charge in [0.1, 0.15) is 11.3 Å². The number of hydrogen-bond donors (Lipinski definition) is 3. The van der Waals surface area contributed by atoms with Crippen LogP contribution in [-0.2, 0) is 55.1 Å². The molecule has 424 valence electrons. The van der Waals surface area contributed by atoms with Crippen molar-refractivity contribution < 1.29 is 48.3 Å². The Kier molecular flexibility index (Phi) is 14.9.